The molecule has 2 aromatic rings. The van der Waals surface area contributed by atoms with Gasteiger partial charge in [0.15, 0.2) is 0 Å². The second-order valence-corrected chi connectivity index (χ2v) is 7.68. The van der Waals surface area contributed by atoms with Crippen molar-refractivity contribution < 1.29 is 9.18 Å². The molecule has 1 aromatic carbocycles. The van der Waals surface area contributed by atoms with Crippen LogP contribution in [0.25, 0.3) is 0 Å². The number of hydrogen-bond donors (Lipinski definition) is 3. The highest BCUT2D eigenvalue weighted by molar-refractivity contribution is 5.94. The largest absolute Gasteiger partial charge is 0.383 e. The van der Waals surface area contributed by atoms with Gasteiger partial charge in [-0.3, -0.25) is 9.59 Å². The average Bonchev–Trinajstić information content (AvgIpc) is 3.25. The van der Waals surface area contributed by atoms with Crippen LogP contribution in [0.4, 0.5) is 10.1 Å². The molecule has 0 unspecified atom stereocenters. The highest BCUT2D eigenvalue weighted by atomic mass is 19.1. The van der Waals surface area contributed by atoms with Crippen molar-refractivity contribution in [3.05, 3.63) is 56.8 Å². The Bertz CT molecular complexity index is 953. The molecule has 0 aliphatic carbocycles. The molecule has 7 nitrogen and oxygen atoms in total. The first-order chi connectivity index (χ1) is 14.1. The van der Waals surface area contributed by atoms with Crippen molar-refractivity contribution in [3.63, 3.8) is 0 Å². The van der Waals surface area contributed by atoms with E-state index in [4.69, 9.17) is 0 Å². The van der Waals surface area contributed by atoms with Crippen molar-refractivity contribution in [1.29, 1.82) is 0 Å². The van der Waals surface area contributed by atoms with E-state index in [0.717, 1.165) is 43.9 Å². The molecule has 0 bridgehead atoms. The van der Waals surface area contributed by atoms with Crippen molar-refractivity contribution in [2.24, 2.45) is 0 Å². The predicted octanol–water partition coefficient (Wildman–Crippen LogP) is 1.68. The number of hydrogen-bond acceptors (Lipinski definition) is 5. The zero-order valence-corrected chi connectivity index (χ0v) is 16.4. The number of halogens is 1. The Morgan fingerprint density at radius 3 is 2.90 bits per heavy atom. The van der Waals surface area contributed by atoms with Gasteiger partial charge < -0.3 is 15.5 Å². The van der Waals surface area contributed by atoms with E-state index in [0.29, 0.717) is 30.6 Å². The number of carbonyl (C=O) groups excluding carboxylic acids is 1. The van der Waals surface area contributed by atoms with Crippen LogP contribution >= 0.6 is 0 Å². The molecule has 1 aromatic heterocycles. The minimum Gasteiger partial charge on any atom is -0.383 e. The van der Waals surface area contributed by atoms with Gasteiger partial charge in [0.2, 0.25) is 0 Å². The van der Waals surface area contributed by atoms with E-state index in [1.807, 2.05) is 0 Å². The van der Waals surface area contributed by atoms with Crippen LogP contribution in [-0.2, 0) is 12.8 Å². The van der Waals surface area contributed by atoms with Gasteiger partial charge >= 0.3 is 0 Å². The molecule has 4 rings (SSSR count). The summed E-state index contributed by atoms with van der Waals surface area (Å²) in [5.74, 6) is -0.944. The monoisotopic (exact) mass is 399 g/mol. The summed E-state index contributed by atoms with van der Waals surface area (Å²) in [7, 11) is 0. The van der Waals surface area contributed by atoms with Gasteiger partial charge in [0.25, 0.3) is 11.5 Å². The Kier molecular flexibility index (Phi) is 5.89. The summed E-state index contributed by atoms with van der Waals surface area (Å²) in [5.41, 5.74) is 2.81. The Balaban J connectivity index is 1.47. The SMILES string of the molecule is O=C(NCCN1CCCC1)c1cc(Cc2n[nH]c(=O)c3c2NCCC3)ccc1F. The zero-order chi connectivity index (χ0) is 20.2. The number of aromatic amines is 1. The van der Waals surface area contributed by atoms with Crippen LogP contribution in [0.15, 0.2) is 23.0 Å². The van der Waals surface area contributed by atoms with Crippen molar-refractivity contribution in [2.75, 3.05) is 38.0 Å². The van der Waals surface area contributed by atoms with E-state index in [-0.39, 0.29) is 11.1 Å². The van der Waals surface area contributed by atoms with E-state index in [9.17, 15) is 14.0 Å². The molecule has 1 amide bonds. The molecule has 8 heteroatoms. The molecule has 1 saturated heterocycles. The predicted molar refractivity (Wildman–Crippen MR) is 109 cm³/mol. The van der Waals surface area contributed by atoms with Crippen molar-refractivity contribution >= 4 is 11.6 Å². The van der Waals surface area contributed by atoms with Crippen LogP contribution in [0.1, 0.15) is 46.4 Å². The number of fused-ring (bicyclic) bond motifs is 1. The lowest BCUT2D eigenvalue weighted by atomic mass is 10.00. The summed E-state index contributed by atoms with van der Waals surface area (Å²) in [6.45, 7) is 4.20. The zero-order valence-electron chi connectivity index (χ0n) is 16.4. The number of aromatic nitrogens is 2. The number of nitrogens with one attached hydrogen (secondary N) is 3. The van der Waals surface area contributed by atoms with E-state index in [1.165, 1.54) is 18.9 Å². The third-order valence-corrected chi connectivity index (χ3v) is 5.62. The molecule has 0 saturated carbocycles. The number of rotatable bonds is 6. The Labute approximate surface area is 168 Å². The maximum absolute atomic E-state index is 14.3. The van der Waals surface area contributed by atoms with E-state index >= 15 is 0 Å². The molecule has 3 N–H and O–H groups in total. The Morgan fingerprint density at radius 1 is 1.24 bits per heavy atom. The molecule has 154 valence electrons. The maximum atomic E-state index is 14.3. The standard InChI is InChI=1S/C21H26FN5O2/c22-17-6-5-14(12-16(17)20(28)24-8-11-27-9-1-2-10-27)13-18-19-15(4-3-7-23-19)21(29)26-25-18/h5-6,12,23H,1-4,7-11,13H2,(H,24,28)(H,26,29). The first-order valence-corrected chi connectivity index (χ1v) is 10.2. The minimum atomic E-state index is -0.540. The second-order valence-electron chi connectivity index (χ2n) is 7.68. The fourth-order valence-electron chi connectivity index (χ4n) is 4.06. The number of amides is 1. The van der Waals surface area contributed by atoms with Gasteiger partial charge in [-0.05, 0) is 56.5 Å². The molecule has 3 heterocycles. The molecule has 2 aliphatic heterocycles. The van der Waals surface area contributed by atoms with Gasteiger partial charge in [0.1, 0.15) is 5.82 Å². The molecular formula is C21H26FN5O2. The lowest BCUT2D eigenvalue weighted by molar-refractivity contribution is 0.0945. The number of anilines is 1. The fourth-order valence-corrected chi connectivity index (χ4v) is 4.06. The van der Waals surface area contributed by atoms with Crippen LogP contribution in [0, 0.1) is 5.82 Å². The van der Waals surface area contributed by atoms with E-state index in [2.05, 4.69) is 25.7 Å². The van der Waals surface area contributed by atoms with E-state index < -0.39 is 11.7 Å². The smallest absolute Gasteiger partial charge is 0.269 e. The van der Waals surface area contributed by atoms with Crippen molar-refractivity contribution in [3.8, 4) is 0 Å². The first-order valence-electron chi connectivity index (χ1n) is 10.2. The van der Waals surface area contributed by atoms with Crippen LogP contribution in [0.3, 0.4) is 0 Å². The fraction of sp³-hybridized carbons (Fsp3) is 0.476. The molecule has 29 heavy (non-hydrogen) atoms. The summed E-state index contributed by atoms with van der Waals surface area (Å²) in [6.07, 6.45) is 4.41. The molecule has 2 aliphatic rings. The second kappa shape index (κ2) is 8.73. The molecule has 0 radical (unpaired) electrons. The topological polar surface area (TPSA) is 90.1 Å². The normalized spacial score (nSPS) is 16.3. The van der Waals surface area contributed by atoms with Crippen LogP contribution < -0.4 is 16.2 Å². The summed E-state index contributed by atoms with van der Waals surface area (Å²) < 4.78 is 14.3. The molecule has 0 atom stereocenters. The third kappa shape index (κ3) is 4.48. The number of nitrogens with zero attached hydrogens (tertiary/aromatic N) is 2. The van der Waals surface area contributed by atoms with Crippen molar-refractivity contribution in [2.45, 2.75) is 32.1 Å². The Morgan fingerprint density at radius 2 is 2.07 bits per heavy atom. The lowest BCUT2D eigenvalue weighted by Gasteiger charge is -2.19. The van der Waals surface area contributed by atoms with Crippen LogP contribution in [0.5, 0.6) is 0 Å². The summed E-state index contributed by atoms with van der Waals surface area (Å²) in [5, 5.41) is 12.8. The van der Waals surface area contributed by atoms with Gasteiger partial charge in [0.05, 0.1) is 16.9 Å². The third-order valence-electron chi connectivity index (χ3n) is 5.62. The average molecular weight is 399 g/mol. The van der Waals surface area contributed by atoms with Crippen LogP contribution in [0.2, 0.25) is 0 Å². The molecule has 1 fully saturated rings. The van der Waals surface area contributed by atoms with Gasteiger partial charge in [-0.15, -0.1) is 0 Å². The number of carbonyl (C=O) groups is 1. The first kappa shape index (κ1) is 19.6. The number of benzene rings is 1. The summed E-state index contributed by atoms with van der Waals surface area (Å²) >= 11 is 0. The highest BCUT2D eigenvalue weighted by Gasteiger charge is 2.19. The number of H-pyrrole nitrogens is 1. The van der Waals surface area contributed by atoms with Gasteiger partial charge in [-0.25, -0.2) is 9.49 Å². The lowest BCUT2D eigenvalue weighted by Crippen LogP contribution is -2.33. The Hall–Kier alpha value is -2.74. The molecular weight excluding hydrogens is 373 g/mol. The van der Waals surface area contributed by atoms with Gasteiger partial charge in [-0.2, -0.15) is 5.10 Å². The highest BCUT2D eigenvalue weighted by Crippen LogP contribution is 2.24. The quantitative estimate of drug-likeness (QED) is 0.688. The van der Waals surface area contributed by atoms with Gasteiger partial charge in [0, 0.05) is 31.6 Å². The van der Waals surface area contributed by atoms with Crippen molar-refractivity contribution in [1.82, 2.24) is 20.4 Å². The van der Waals surface area contributed by atoms with Crippen LogP contribution in [-0.4, -0.2) is 53.7 Å². The maximum Gasteiger partial charge on any atom is 0.269 e. The summed E-state index contributed by atoms with van der Waals surface area (Å²) in [4.78, 5) is 26.8. The molecule has 0 spiro atoms. The minimum absolute atomic E-state index is 0.0372. The van der Waals surface area contributed by atoms with E-state index in [1.54, 1.807) is 12.1 Å². The van der Waals surface area contributed by atoms with Gasteiger partial charge in [-0.1, -0.05) is 6.07 Å². The summed E-state index contributed by atoms with van der Waals surface area (Å²) in [6, 6.07) is 4.54. The number of likely N-dealkylation sites (tertiary alicyclic amines) is 1.